The largest absolute Gasteiger partial charge is 0.488 e. The molecule has 1 aliphatic rings. The minimum Gasteiger partial charge on any atom is -0.488 e. The van der Waals surface area contributed by atoms with Crippen molar-refractivity contribution in [3.63, 3.8) is 0 Å². The Morgan fingerprint density at radius 2 is 2.05 bits per heavy atom. The summed E-state index contributed by atoms with van der Waals surface area (Å²) in [6.07, 6.45) is 3.34. The van der Waals surface area contributed by atoms with Gasteiger partial charge in [-0.25, -0.2) is 4.39 Å². The molecule has 2 rings (SSSR count). The lowest BCUT2D eigenvalue weighted by molar-refractivity contribution is 0.0565. The first kappa shape index (κ1) is 14.9. The van der Waals surface area contributed by atoms with Crippen molar-refractivity contribution in [1.82, 2.24) is 0 Å². The number of hydrogen-bond donors (Lipinski definition) is 1. The van der Waals surface area contributed by atoms with Crippen molar-refractivity contribution in [2.75, 3.05) is 5.73 Å². The molecule has 19 heavy (non-hydrogen) atoms. The summed E-state index contributed by atoms with van der Waals surface area (Å²) in [4.78, 5) is 0. The van der Waals surface area contributed by atoms with Gasteiger partial charge in [-0.05, 0) is 59.3 Å². The topological polar surface area (TPSA) is 35.2 Å². The van der Waals surface area contributed by atoms with Crippen molar-refractivity contribution >= 4 is 28.3 Å². The molecule has 1 aliphatic carbocycles. The second-order valence-corrected chi connectivity index (χ2v) is 7.62. The Bertz CT molecular complexity index is 475. The van der Waals surface area contributed by atoms with Gasteiger partial charge in [-0.2, -0.15) is 0 Å². The van der Waals surface area contributed by atoms with Gasteiger partial charge in [0.15, 0.2) is 0 Å². The number of ether oxygens (including phenoxy) is 1. The van der Waals surface area contributed by atoms with E-state index in [0.717, 1.165) is 12.8 Å². The van der Waals surface area contributed by atoms with Crippen LogP contribution in [0.3, 0.4) is 0 Å². The highest BCUT2D eigenvalue weighted by atomic mass is 127. The minimum atomic E-state index is -0.270. The Balaban J connectivity index is 2.15. The molecule has 0 saturated heterocycles. The number of nitrogens with two attached hydrogens (primary N) is 1. The summed E-state index contributed by atoms with van der Waals surface area (Å²) < 4.78 is 20.1. The molecule has 2 nitrogen and oxygen atoms in total. The van der Waals surface area contributed by atoms with Crippen LogP contribution in [-0.4, -0.2) is 6.10 Å². The van der Waals surface area contributed by atoms with Gasteiger partial charge in [0.2, 0.25) is 0 Å². The van der Waals surface area contributed by atoms with Gasteiger partial charge >= 0.3 is 0 Å². The fourth-order valence-electron chi connectivity index (χ4n) is 3.17. The Hall–Kier alpha value is -0.520. The predicted octanol–water partition coefficient (Wildman–Crippen LogP) is 4.61. The summed E-state index contributed by atoms with van der Waals surface area (Å²) >= 11 is 1.94. The molecule has 0 bridgehead atoms. The maximum atomic E-state index is 13.6. The third-order valence-electron chi connectivity index (χ3n) is 3.69. The van der Waals surface area contributed by atoms with E-state index < -0.39 is 0 Å². The van der Waals surface area contributed by atoms with Crippen LogP contribution in [-0.2, 0) is 0 Å². The number of anilines is 1. The lowest BCUT2D eigenvalue weighted by Crippen LogP contribution is -2.34. The Labute approximate surface area is 128 Å². The Morgan fingerprint density at radius 1 is 1.37 bits per heavy atom. The molecule has 2 unspecified atom stereocenters. The van der Waals surface area contributed by atoms with Crippen molar-refractivity contribution in [3.8, 4) is 5.75 Å². The Morgan fingerprint density at radius 3 is 2.68 bits per heavy atom. The summed E-state index contributed by atoms with van der Waals surface area (Å²) in [5.41, 5.74) is 6.71. The third kappa shape index (κ3) is 3.74. The molecule has 1 fully saturated rings. The fourth-order valence-corrected chi connectivity index (χ4v) is 3.67. The van der Waals surface area contributed by atoms with Crippen LogP contribution in [0.25, 0.3) is 0 Å². The van der Waals surface area contributed by atoms with E-state index in [-0.39, 0.29) is 17.3 Å². The van der Waals surface area contributed by atoms with Crippen LogP contribution >= 0.6 is 22.6 Å². The van der Waals surface area contributed by atoms with Crippen LogP contribution in [0.1, 0.15) is 40.0 Å². The molecule has 106 valence electrons. The van der Waals surface area contributed by atoms with E-state index in [9.17, 15) is 4.39 Å². The molecule has 0 heterocycles. The number of benzene rings is 1. The number of halogens is 2. The van der Waals surface area contributed by atoms with Crippen LogP contribution in [0, 0.1) is 20.7 Å². The van der Waals surface area contributed by atoms with Gasteiger partial charge in [0.25, 0.3) is 0 Å². The standard InChI is InChI=1S/C15H21FINO/c1-9-4-10(8-15(2,3)7-9)19-14-5-11(16)12(17)6-13(14)18/h5-6,9-10H,4,7-8,18H2,1-3H3. The van der Waals surface area contributed by atoms with E-state index in [1.165, 1.54) is 12.5 Å². The molecular formula is C15H21FINO. The second kappa shape index (κ2) is 5.46. The van der Waals surface area contributed by atoms with Gasteiger partial charge in [0.05, 0.1) is 15.4 Å². The lowest BCUT2D eigenvalue weighted by Gasteiger charge is -2.39. The van der Waals surface area contributed by atoms with Crippen LogP contribution in [0.15, 0.2) is 12.1 Å². The average molecular weight is 377 g/mol. The lowest BCUT2D eigenvalue weighted by atomic mass is 9.71. The van der Waals surface area contributed by atoms with Crippen LogP contribution in [0.4, 0.5) is 10.1 Å². The number of nitrogen functional groups attached to an aromatic ring is 1. The smallest absolute Gasteiger partial charge is 0.145 e. The molecule has 0 amide bonds. The highest BCUT2D eigenvalue weighted by Gasteiger charge is 2.33. The van der Waals surface area contributed by atoms with Crippen molar-refractivity contribution in [1.29, 1.82) is 0 Å². The summed E-state index contributed by atoms with van der Waals surface area (Å²) in [5.74, 6) is 0.837. The highest BCUT2D eigenvalue weighted by molar-refractivity contribution is 14.1. The van der Waals surface area contributed by atoms with E-state index >= 15 is 0 Å². The first-order chi connectivity index (χ1) is 8.77. The third-order valence-corrected chi connectivity index (χ3v) is 4.52. The van der Waals surface area contributed by atoms with E-state index in [4.69, 9.17) is 10.5 Å². The Kier molecular flexibility index (Phi) is 4.28. The summed E-state index contributed by atoms with van der Waals surface area (Å²) in [6, 6.07) is 3.03. The zero-order valence-corrected chi connectivity index (χ0v) is 13.8. The van der Waals surface area contributed by atoms with Gasteiger partial charge in [-0.3, -0.25) is 0 Å². The zero-order valence-electron chi connectivity index (χ0n) is 11.7. The first-order valence-electron chi connectivity index (χ1n) is 6.68. The number of hydrogen-bond acceptors (Lipinski definition) is 2. The molecule has 0 aliphatic heterocycles. The van der Waals surface area contributed by atoms with Crippen LogP contribution in [0.2, 0.25) is 0 Å². The molecule has 2 N–H and O–H groups in total. The average Bonchev–Trinajstić information content (AvgIpc) is 2.22. The monoisotopic (exact) mass is 377 g/mol. The van der Waals surface area contributed by atoms with Gasteiger partial charge in [-0.1, -0.05) is 20.8 Å². The SMILES string of the molecule is CC1CC(Oc2cc(F)c(I)cc2N)CC(C)(C)C1. The van der Waals surface area contributed by atoms with Gasteiger partial charge in [0.1, 0.15) is 11.6 Å². The van der Waals surface area contributed by atoms with Crippen molar-refractivity contribution < 1.29 is 9.13 Å². The molecule has 1 saturated carbocycles. The fraction of sp³-hybridized carbons (Fsp3) is 0.600. The van der Waals surface area contributed by atoms with Crippen molar-refractivity contribution in [2.45, 2.75) is 46.1 Å². The van der Waals surface area contributed by atoms with Crippen molar-refractivity contribution in [3.05, 3.63) is 21.5 Å². The highest BCUT2D eigenvalue weighted by Crippen LogP contribution is 2.40. The maximum absolute atomic E-state index is 13.6. The summed E-state index contributed by atoms with van der Waals surface area (Å²) in [7, 11) is 0. The summed E-state index contributed by atoms with van der Waals surface area (Å²) in [6.45, 7) is 6.77. The van der Waals surface area contributed by atoms with E-state index in [2.05, 4.69) is 20.8 Å². The maximum Gasteiger partial charge on any atom is 0.145 e. The molecule has 1 aromatic rings. The molecular weight excluding hydrogens is 356 g/mol. The number of rotatable bonds is 2. The molecule has 0 spiro atoms. The second-order valence-electron chi connectivity index (χ2n) is 6.46. The first-order valence-corrected chi connectivity index (χ1v) is 7.76. The van der Waals surface area contributed by atoms with Crippen molar-refractivity contribution in [2.24, 2.45) is 11.3 Å². The quantitative estimate of drug-likeness (QED) is 0.604. The minimum absolute atomic E-state index is 0.125. The molecule has 1 aromatic carbocycles. The summed E-state index contributed by atoms with van der Waals surface area (Å²) in [5, 5.41) is 0. The molecule has 4 heteroatoms. The van der Waals surface area contributed by atoms with Gasteiger partial charge in [0, 0.05) is 6.07 Å². The predicted molar refractivity (Wildman–Crippen MR) is 84.7 cm³/mol. The zero-order chi connectivity index (χ0) is 14.2. The molecule has 0 radical (unpaired) electrons. The van der Waals surface area contributed by atoms with Crippen LogP contribution in [0.5, 0.6) is 5.75 Å². The molecule has 0 aromatic heterocycles. The van der Waals surface area contributed by atoms with Gasteiger partial charge in [-0.15, -0.1) is 0 Å². The van der Waals surface area contributed by atoms with E-state index in [1.807, 2.05) is 22.6 Å². The molecule has 2 atom stereocenters. The van der Waals surface area contributed by atoms with Crippen LogP contribution < -0.4 is 10.5 Å². The van der Waals surface area contributed by atoms with Gasteiger partial charge < -0.3 is 10.5 Å². The van der Waals surface area contributed by atoms with E-state index in [0.29, 0.717) is 20.9 Å². The normalized spacial score (nSPS) is 26.2. The van der Waals surface area contributed by atoms with E-state index in [1.54, 1.807) is 6.07 Å².